The average Bonchev–Trinajstić information content (AvgIpc) is 2.48. The molecule has 0 radical (unpaired) electrons. The summed E-state index contributed by atoms with van der Waals surface area (Å²) < 4.78 is 4.85. The Labute approximate surface area is 83.1 Å². The molecular formula is C9H15N3O2. The third kappa shape index (κ3) is 2.10. The van der Waals surface area contributed by atoms with Crippen LogP contribution in [0, 0.1) is 6.92 Å². The van der Waals surface area contributed by atoms with Crippen LogP contribution >= 0.6 is 0 Å². The lowest BCUT2D eigenvalue weighted by Gasteiger charge is -2.00. The zero-order chi connectivity index (χ0) is 10.7. The fraction of sp³-hybridized carbons (Fsp3) is 0.667. The monoisotopic (exact) mass is 197 g/mol. The van der Waals surface area contributed by atoms with E-state index in [0.717, 1.165) is 0 Å². The first-order chi connectivity index (χ1) is 6.56. The average molecular weight is 197 g/mol. The van der Waals surface area contributed by atoms with Crippen LogP contribution in [0.25, 0.3) is 0 Å². The molecular weight excluding hydrogens is 182 g/mol. The van der Waals surface area contributed by atoms with Gasteiger partial charge in [-0.25, -0.2) is 4.79 Å². The highest BCUT2D eigenvalue weighted by molar-refractivity contribution is 5.88. The molecule has 0 aromatic carbocycles. The van der Waals surface area contributed by atoms with Gasteiger partial charge in [0, 0.05) is 0 Å². The smallest absolute Gasteiger partial charge is 0.360 e. The normalized spacial score (nSPS) is 10.6. The Kier molecular flexibility index (Phi) is 3.22. The van der Waals surface area contributed by atoms with E-state index in [1.54, 1.807) is 13.8 Å². The summed E-state index contributed by atoms with van der Waals surface area (Å²) in [6, 6.07) is 0.150. The Balaban J connectivity index is 2.92. The third-order valence-electron chi connectivity index (χ3n) is 1.73. The molecule has 0 saturated carbocycles. The van der Waals surface area contributed by atoms with Crippen LogP contribution in [0.5, 0.6) is 0 Å². The molecule has 0 bridgehead atoms. The van der Waals surface area contributed by atoms with Crippen molar-refractivity contribution in [3.63, 3.8) is 0 Å². The van der Waals surface area contributed by atoms with E-state index in [1.807, 2.05) is 13.8 Å². The first-order valence-corrected chi connectivity index (χ1v) is 4.66. The lowest BCUT2D eigenvalue weighted by Crippen LogP contribution is -2.09. The molecule has 0 amide bonds. The van der Waals surface area contributed by atoms with Crippen molar-refractivity contribution < 1.29 is 9.53 Å². The standard InChI is InChI=1S/C9H15N3O2/c1-5-14-9(13)8-7(4)10-12(11-8)6(2)3/h6H,5H2,1-4H3. The number of esters is 1. The molecule has 0 aliphatic rings. The van der Waals surface area contributed by atoms with Gasteiger partial charge >= 0.3 is 5.97 Å². The summed E-state index contributed by atoms with van der Waals surface area (Å²) in [6.07, 6.45) is 0. The van der Waals surface area contributed by atoms with Gasteiger partial charge in [-0.3, -0.25) is 0 Å². The van der Waals surface area contributed by atoms with Gasteiger partial charge in [-0.2, -0.15) is 9.90 Å². The number of carbonyl (C=O) groups is 1. The number of hydrogen-bond acceptors (Lipinski definition) is 4. The Bertz CT molecular complexity index is 331. The van der Waals surface area contributed by atoms with Crippen molar-refractivity contribution in [3.8, 4) is 0 Å². The number of carbonyl (C=O) groups excluding carboxylic acids is 1. The summed E-state index contributed by atoms with van der Waals surface area (Å²) in [6.45, 7) is 7.77. The first-order valence-electron chi connectivity index (χ1n) is 4.66. The predicted molar refractivity (Wildman–Crippen MR) is 51.1 cm³/mol. The summed E-state index contributed by atoms with van der Waals surface area (Å²) in [4.78, 5) is 12.9. The van der Waals surface area contributed by atoms with E-state index in [2.05, 4.69) is 10.2 Å². The quantitative estimate of drug-likeness (QED) is 0.686. The van der Waals surface area contributed by atoms with Gasteiger partial charge in [0.25, 0.3) is 0 Å². The number of aromatic nitrogens is 3. The lowest BCUT2D eigenvalue weighted by atomic mass is 10.3. The minimum absolute atomic E-state index is 0.150. The van der Waals surface area contributed by atoms with Gasteiger partial charge < -0.3 is 4.74 Å². The Hall–Kier alpha value is -1.39. The molecule has 1 aromatic rings. The molecule has 0 aliphatic heterocycles. The fourth-order valence-electron chi connectivity index (χ4n) is 1.02. The Morgan fingerprint density at radius 3 is 2.57 bits per heavy atom. The molecule has 1 rings (SSSR count). The van der Waals surface area contributed by atoms with Crippen LogP contribution in [0.2, 0.25) is 0 Å². The zero-order valence-electron chi connectivity index (χ0n) is 8.94. The molecule has 5 heteroatoms. The maximum atomic E-state index is 11.4. The number of aryl methyl sites for hydroxylation is 1. The molecule has 0 atom stereocenters. The molecule has 14 heavy (non-hydrogen) atoms. The minimum Gasteiger partial charge on any atom is -0.461 e. The molecule has 78 valence electrons. The van der Waals surface area contributed by atoms with E-state index in [9.17, 15) is 4.79 Å². The van der Waals surface area contributed by atoms with Crippen molar-refractivity contribution in [2.45, 2.75) is 33.7 Å². The summed E-state index contributed by atoms with van der Waals surface area (Å²) in [5.74, 6) is -0.406. The molecule has 5 nitrogen and oxygen atoms in total. The van der Waals surface area contributed by atoms with Gasteiger partial charge in [0.05, 0.1) is 18.3 Å². The van der Waals surface area contributed by atoms with Crippen molar-refractivity contribution >= 4 is 5.97 Å². The SMILES string of the molecule is CCOC(=O)c1nn(C(C)C)nc1C. The van der Waals surface area contributed by atoms with Crippen LogP contribution in [0.3, 0.4) is 0 Å². The lowest BCUT2D eigenvalue weighted by molar-refractivity contribution is 0.0517. The van der Waals surface area contributed by atoms with Crippen molar-refractivity contribution in [1.29, 1.82) is 0 Å². The van der Waals surface area contributed by atoms with E-state index < -0.39 is 5.97 Å². The maximum absolute atomic E-state index is 11.4. The topological polar surface area (TPSA) is 57.0 Å². The fourth-order valence-corrected chi connectivity index (χ4v) is 1.02. The van der Waals surface area contributed by atoms with Gasteiger partial charge in [-0.05, 0) is 27.7 Å². The van der Waals surface area contributed by atoms with E-state index in [0.29, 0.717) is 18.0 Å². The highest BCUT2D eigenvalue weighted by Gasteiger charge is 2.17. The van der Waals surface area contributed by atoms with E-state index >= 15 is 0 Å². The predicted octanol–water partition coefficient (Wildman–Crippen LogP) is 1.34. The Morgan fingerprint density at radius 2 is 2.14 bits per heavy atom. The molecule has 0 saturated heterocycles. The second-order valence-electron chi connectivity index (χ2n) is 3.27. The second kappa shape index (κ2) is 4.21. The van der Waals surface area contributed by atoms with Crippen molar-refractivity contribution in [1.82, 2.24) is 15.0 Å². The van der Waals surface area contributed by atoms with Gasteiger partial charge in [-0.1, -0.05) is 0 Å². The zero-order valence-corrected chi connectivity index (χ0v) is 8.94. The summed E-state index contributed by atoms with van der Waals surface area (Å²) in [7, 11) is 0. The maximum Gasteiger partial charge on any atom is 0.360 e. The van der Waals surface area contributed by atoms with Crippen LogP contribution in [-0.4, -0.2) is 27.6 Å². The Morgan fingerprint density at radius 1 is 1.50 bits per heavy atom. The van der Waals surface area contributed by atoms with Crippen molar-refractivity contribution in [2.24, 2.45) is 0 Å². The highest BCUT2D eigenvalue weighted by Crippen LogP contribution is 2.07. The molecule has 0 N–H and O–H groups in total. The highest BCUT2D eigenvalue weighted by atomic mass is 16.5. The first kappa shape index (κ1) is 10.7. The van der Waals surface area contributed by atoms with Crippen molar-refractivity contribution in [2.75, 3.05) is 6.61 Å². The molecule has 0 spiro atoms. The van der Waals surface area contributed by atoms with Crippen LogP contribution in [0.1, 0.15) is 43.0 Å². The molecule has 0 unspecified atom stereocenters. The molecule has 1 aromatic heterocycles. The number of hydrogen-bond donors (Lipinski definition) is 0. The van der Waals surface area contributed by atoms with Crippen LogP contribution < -0.4 is 0 Å². The number of ether oxygens (including phenoxy) is 1. The van der Waals surface area contributed by atoms with Crippen molar-refractivity contribution in [3.05, 3.63) is 11.4 Å². The van der Waals surface area contributed by atoms with Gasteiger partial charge in [0.1, 0.15) is 0 Å². The molecule has 0 fully saturated rings. The summed E-state index contributed by atoms with van der Waals surface area (Å²) in [5.41, 5.74) is 0.915. The van der Waals surface area contributed by atoms with E-state index in [4.69, 9.17) is 4.74 Å². The summed E-state index contributed by atoms with van der Waals surface area (Å²) in [5, 5.41) is 8.18. The molecule has 1 heterocycles. The van der Waals surface area contributed by atoms with Crippen LogP contribution in [0.15, 0.2) is 0 Å². The van der Waals surface area contributed by atoms with Gasteiger partial charge in [0.15, 0.2) is 5.69 Å². The third-order valence-corrected chi connectivity index (χ3v) is 1.73. The largest absolute Gasteiger partial charge is 0.461 e. The minimum atomic E-state index is -0.406. The van der Waals surface area contributed by atoms with Gasteiger partial charge in [-0.15, -0.1) is 5.10 Å². The van der Waals surface area contributed by atoms with Crippen LogP contribution in [-0.2, 0) is 4.74 Å². The second-order valence-corrected chi connectivity index (χ2v) is 3.27. The van der Waals surface area contributed by atoms with E-state index in [1.165, 1.54) is 4.80 Å². The van der Waals surface area contributed by atoms with E-state index in [-0.39, 0.29) is 6.04 Å². The molecule has 0 aliphatic carbocycles. The van der Waals surface area contributed by atoms with Crippen LogP contribution in [0.4, 0.5) is 0 Å². The number of nitrogens with zero attached hydrogens (tertiary/aromatic N) is 3. The van der Waals surface area contributed by atoms with Gasteiger partial charge in [0.2, 0.25) is 0 Å². The number of rotatable bonds is 3. The summed E-state index contributed by atoms with van der Waals surface area (Å²) >= 11 is 0.